The normalized spacial score (nSPS) is 28.7. The molecule has 2 aliphatic heterocycles. The molecule has 1 spiro atoms. The molecular weight excluding hydrogens is 364 g/mol. The summed E-state index contributed by atoms with van der Waals surface area (Å²) < 4.78 is 0. The fourth-order valence-corrected chi connectivity index (χ4v) is 5.29. The van der Waals surface area contributed by atoms with Crippen LogP contribution in [0.4, 0.5) is 10.5 Å². The van der Waals surface area contributed by atoms with Crippen molar-refractivity contribution < 1.29 is 14.5 Å². The summed E-state index contributed by atoms with van der Waals surface area (Å²) in [6.07, 6.45) is 7.83. The van der Waals surface area contributed by atoms with E-state index in [9.17, 15) is 9.59 Å². The molecule has 6 nitrogen and oxygen atoms in total. The first-order valence-corrected chi connectivity index (χ1v) is 11.3. The Morgan fingerprint density at radius 2 is 1.79 bits per heavy atom. The van der Waals surface area contributed by atoms with Crippen LogP contribution in [0.5, 0.6) is 0 Å². The Hall–Kier alpha value is -2.08. The summed E-state index contributed by atoms with van der Waals surface area (Å²) in [6, 6.07) is 8.57. The first-order valence-electron chi connectivity index (χ1n) is 11.3. The van der Waals surface area contributed by atoms with E-state index in [1.165, 1.54) is 35.4 Å². The SMILES string of the molecule is C[C@@H]1CCCC[C@@]12NC(=O)N(C[NH+](C)Cc1ccc(N3CCCCC3)cc1)C2=O. The molecule has 0 bridgehead atoms. The van der Waals surface area contributed by atoms with E-state index >= 15 is 0 Å². The van der Waals surface area contributed by atoms with Gasteiger partial charge in [-0.25, -0.2) is 9.69 Å². The number of nitrogens with zero attached hydrogens (tertiary/aromatic N) is 2. The zero-order valence-corrected chi connectivity index (χ0v) is 17.9. The molecular formula is C23H35N4O2+. The maximum Gasteiger partial charge on any atom is 0.329 e. The number of hydrogen-bond acceptors (Lipinski definition) is 3. The van der Waals surface area contributed by atoms with Gasteiger partial charge in [-0.1, -0.05) is 31.9 Å². The topological polar surface area (TPSA) is 57.1 Å². The highest BCUT2D eigenvalue weighted by Gasteiger charge is 2.55. The lowest BCUT2D eigenvalue weighted by Gasteiger charge is -2.36. The molecule has 0 radical (unpaired) electrons. The molecule has 1 unspecified atom stereocenters. The Morgan fingerprint density at radius 3 is 2.48 bits per heavy atom. The third-order valence-corrected chi connectivity index (χ3v) is 7.09. The number of benzene rings is 1. The summed E-state index contributed by atoms with van der Waals surface area (Å²) in [6.45, 7) is 5.60. The van der Waals surface area contributed by atoms with Crippen molar-refractivity contribution in [3.63, 3.8) is 0 Å². The fraction of sp³-hybridized carbons (Fsp3) is 0.652. The number of anilines is 1. The maximum atomic E-state index is 13.1. The van der Waals surface area contributed by atoms with Gasteiger partial charge in [0.15, 0.2) is 6.67 Å². The highest BCUT2D eigenvalue weighted by atomic mass is 16.2. The van der Waals surface area contributed by atoms with Gasteiger partial charge in [0.05, 0.1) is 7.05 Å². The number of nitrogens with one attached hydrogen (secondary N) is 2. The van der Waals surface area contributed by atoms with Crippen LogP contribution in [-0.2, 0) is 11.3 Å². The number of piperidine rings is 1. The molecule has 1 aromatic rings. The van der Waals surface area contributed by atoms with Gasteiger partial charge in [-0.15, -0.1) is 0 Å². The second-order valence-electron chi connectivity index (χ2n) is 9.29. The molecule has 3 amide bonds. The van der Waals surface area contributed by atoms with E-state index in [4.69, 9.17) is 0 Å². The zero-order chi connectivity index (χ0) is 20.4. The molecule has 6 heteroatoms. The van der Waals surface area contributed by atoms with Crippen LogP contribution in [-0.4, -0.2) is 49.2 Å². The van der Waals surface area contributed by atoms with Crippen molar-refractivity contribution in [2.75, 3.05) is 31.7 Å². The van der Waals surface area contributed by atoms with Gasteiger partial charge in [-0.2, -0.15) is 0 Å². The summed E-state index contributed by atoms with van der Waals surface area (Å²) in [7, 11) is 2.05. The molecule has 3 aliphatic rings. The van der Waals surface area contributed by atoms with Gasteiger partial charge in [0, 0.05) is 24.3 Å². The van der Waals surface area contributed by atoms with Gasteiger partial charge < -0.3 is 15.1 Å². The van der Waals surface area contributed by atoms with E-state index < -0.39 is 5.54 Å². The lowest BCUT2D eigenvalue weighted by atomic mass is 9.73. The summed E-state index contributed by atoms with van der Waals surface area (Å²) in [4.78, 5) is 30.8. The average molecular weight is 400 g/mol. The molecule has 2 saturated heterocycles. The van der Waals surface area contributed by atoms with Crippen molar-refractivity contribution in [2.24, 2.45) is 5.92 Å². The second-order valence-corrected chi connectivity index (χ2v) is 9.29. The first-order chi connectivity index (χ1) is 14.0. The van der Waals surface area contributed by atoms with E-state index in [1.807, 2.05) is 7.05 Å². The van der Waals surface area contributed by atoms with Crippen molar-refractivity contribution in [1.29, 1.82) is 0 Å². The van der Waals surface area contributed by atoms with Crippen LogP contribution in [0.15, 0.2) is 24.3 Å². The van der Waals surface area contributed by atoms with Crippen molar-refractivity contribution in [3.05, 3.63) is 29.8 Å². The first kappa shape index (κ1) is 20.2. The van der Waals surface area contributed by atoms with Gasteiger partial charge in [0.25, 0.3) is 5.91 Å². The Kier molecular flexibility index (Phi) is 5.81. The predicted molar refractivity (Wildman–Crippen MR) is 114 cm³/mol. The number of amides is 3. The lowest BCUT2D eigenvalue weighted by Crippen LogP contribution is -3.09. The third-order valence-electron chi connectivity index (χ3n) is 7.09. The summed E-state index contributed by atoms with van der Waals surface area (Å²) in [5.41, 5.74) is 1.87. The summed E-state index contributed by atoms with van der Waals surface area (Å²) in [5.74, 6) is 0.190. The monoisotopic (exact) mass is 399 g/mol. The van der Waals surface area contributed by atoms with Crippen molar-refractivity contribution in [2.45, 2.75) is 64.0 Å². The molecule has 2 heterocycles. The van der Waals surface area contributed by atoms with Crippen LogP contribution in [0.25, 0.3) is 0 Å². The Labute approximate surface area is 174 Å². The Bertz CT molecular complexity index is 744. The Morgan fingerprint density at radius 1 is 1.07 bits per heavy atom. The molecule has 1 aliphatic carbocycles. The van der Waals surface area contributed by atoms with Crippen LogP contribution in [0.3, 0.4) is 0 Å². The van der Waals surface area contributed by atoms with E-state index in [-0.39, 0.29) is 17.9 Å². The van der Waals surface area contributed by atoms with Gasteiger partial charge >= 0.3 is 6.03 Å². The van der Waals surface area contributed by atoms with E-state index in [0.717, 1.165) is 50.2 Å². The predicted octanol–water partition coefficient (Wildman–Crippen LogP) is 2.15. The second kappa shape index (κ2) is 8.34. The minimum Gasteiger partial charge on any atom is -0.372 e. The highest BCUT2D eigenvalue weighted by Crippen LogP contribution is 2.37. The number of carbonyl (C=O) groups excluding carboxylic acids is 2. The molecule has 4 rings (SSSR count). The minimum absolute atomic E-state index is 0.0190. The molecule has 0 aromatic heterocycles. The van der Waals surface area contributed by atoms with Gasteiger partial charge in [0.1, 0.15) is 12.1 Å². The highest BCUT2D eigenvalue weighted by molar-refractivity contribution is 6.07. The van der Waals surface area contributed by atoms with Crippen molar-refractivity contribution >= 4 is 17.6 Å². The van der Waals surface area contributed by atoms with Gasteiger partial charge in [0.2, 0.25) is 0 Å². The molecule has 1 saturated carbocycles. The summed E-state index contributed by atoms with van der Waals surface area (Å²) in [5, 5.41) is 3.05. The fourth-order valence-electron chi connectivity index (χ4n) is 5.29. The van der Waals surface area contributed by atoms with Crippen LogP contribution < -0.4 is 15.1 Å². The standard InChI is InChI=1S/C23H34N4O2/c1-18-8-4-5-13-23(18)21(28)27(22(29)24-23)17-25(2)16-19-9-11-20(12-10-19)26-14-6-3-7-15-26/h9-12,18H,3-8,13-17H2,1-2H3,(H,24,29)/p+1/t18-,23-/m1/s1. The average Bonchev–Trinajstić information content (AvgIpc) is 2.96. The molecule has 2 N–H and O–H groups in total. The number of rotatable bonds is 5. The summed E-state index contributed by atoms with van der Waals surface area (Å²) >= 11 is 0. The van der Waals surface area contributed by atoms with Crippen LogP contribution >= 0.6 is 0 Å². The number of hydrogen-bond donors (Lipinski definition) is 2. The third kappa shape index (κ3) is 4.00. The molecule has 158 valence electrons. The van der Waals surface area contributed by atoms with Crippen LogP contribution in [0, 0.1) is 5.92 Å². The quantitative estimate of drug-likeness (QED) is 0.746. The van der Waals surface area contributed by atoms with Crippen molar-refractivity contribution in [3.8, 4) is 0 Å². The Balaban J connectivity index is 1.36. The number of quaternary nitrogens is 1. The smallest absolute Gasteiger partial charge is 0.329 e. The van der Waals surface area contributed by atoms with E-state index in [2.05, 4.69) is 41.4 Å². The lowest BCUT2D eigenvalue weighted by molar-refractivity contribution is -0.901. The molecule has 29 heavy (non-hydrogen) atoms. The number of urea groups is 1. The van der Waals surface area contributed by atoms with Crippen molar-refractivity contribution in [1.82, 2.24) is 10.2 Å². The van der Waals surface area contributed by atoms with Gasteiger partial charge in [-0.05, 0) is 50.2 Å². The number of carbonyl (C=O) groups is 2. The minimum atomic E-state index is -0.661. The molecule has 3 fully saturated rings. The molecule has 3 atom stereocenters. The van der Waals surface area contributed by atoms with Crippen LogP contribution in [0.2, 0.25) is 0 Å². The molecule has 1 aromatic carbocycles. The van der Waals surface area contributed by atoms with Crippen LogP contribution in [0.1, 0.15) is 57.4 Å². The maximum absolute atomic E-state index is 13.1. The zero-order valence-electron chi connectivity index (χ0n) is 17.9. The number of imide groups is 1. The largest absolute Gasteiger partial charge is 0.372 e. The van der Waals surface area contributed by atoms with E-state index in [1.54, 1.807) is 0 Å². The van der Waals surface area contributed by atoms with Gasteiger partial charge in [-0.3, -0.25) is 4.79 Å². The van der Waals surface area contributed by atoms with E-state index in [0.29, 0.717) is 6.67 Å².